The molecule has 0 bridgehead atoms. The molecule has 1 aliphatic rings. The molecular weight excluding hydrogens is 444 g/mol. The molecular formula is C25H24N8S. The number of anilines is 4. The number of nitrogens with zero attached hydrogens (tertiary/aromatic N) is 6. The van der Waals surface area contributed by atoms with E-state index < -0.39 is 0 Å². The maximum Gasteiger partial charge on any atom is 0.191 e. The van der Waals surface area contributed by atoms with Crippen LogP contribution >= 0.6 is 11.8 Å². The summed E-state index contributed by atoms with van der Waals surface area (Å²) in [6.45, 7) is 3.63. The fourth-order valence-electron chi connectivity index (χ4n) is 4.45. The van der Waals surface area contributed by atoms with Crippen LogP contribution in [0.3, 0.4) is 0 Å². The molecule has 0 atom stereocenters. The molecule has 4 heterocycles. The van der Waals surface area contributed by atoms with Gasteiger partial charge in [0.2, 0.25) is 0 Å². The van der Waals surface area contributed by atoms with Gasteiger partial charge in [-0.3, -0.25) is 10.1 Å². The number of aromatic amines is 1. The Hall–Kier alpha value is -3.85. The second-order valence-electron chi connectivity index (χ2n) is 8.24. The number of fused-ring (bicyclic) bond motifs is 2. The van der Waals surface area contributed by atoms with Crippen LogP contribution in [0.4, 0.5) is 23.0 Å². The van der Waals surface area contributed by atoms with E-state index in [1.165, 1.54) is 16.5 Å². The van der Waals surface area contributed by atoms with Crippen LogP contribution in [0.1, 0.15) is 0 Å². The standard InChI is InChI=1S/C25H24N8S/c1-34-25-29-23(28-19-5-6-21-18(13-19)15-27-31-21)14-24(30-25)33-11-9-32(10-12-33)22-4-2-3-17-7-8-26-16-20(17)22/h2-8,13-16H,9-12H2,1H3,(H,27,31)(H,28,29,30). The first kappa shape index (κ1) is 20.7. The van der Waals surface area contributed by atoms with Gasteiger partial charge in [-0.25, -0.2) is 9.97 Å². The summed E-state index contributed by atoms with van der Waals surface area (Å²) in [5, 5.41) is 14.8. The van der Waals surface area contributed by atoms with Crippen LogP contribution in [0.25, 0.3) is 21.7 Å². The number of benzene rings is 2. The van der Waals surface area contributed by atoms with E-state index in [2.05, 4.69) is 65.6 Å². The quantitative estimate of drug-likeness (QED) is 0.284. The van der Waals surface area contributed by atoms with Crippen molar-refractivity contribution in [2.45, 2.75) is 5.16 Å². The Morgan fingerprint density at radius 1 is 0.912 bits per heavy atom. The van der Waals surface area contributed by atoms with E-state index in [-0.39, 0.29) is 0 Å². The molecule has 3 aromatic heterocycles. The third kappa shape index (κ3) is 3.99. The molecule has 6 rings (SSSR count). The average molecular weight is 469 g/mol. The minimum absolute atomic E-state index is 0.756. The Morgan fingerprint density at radius 2 is 1.79 bits per heavy atom. The van der Waals surface area contributed by atoms with Crippen LogP contribution in [-0.2, 0) is 0 Å². The van der Waals surface area contributed by atoms with Gasteiger partial charge >= 0.3 is 0 Å². The zero-order chi connectivity index (χ0) is 22.9. The van der Waals surface area contributed by atoms with E-state index in [4.69, 9.17) is 4.98 Å². The monoisotopic (exact) mass is 468 g/mol. The lowest BCUT2D eigenvalue weighted by Gasteiger charge is -2.37. The number of aromatic nitrogens is 5. The predicted octanol–water partition coefficient (Wildman–Crippen LogP) is 4.69. The molecule has 0 radical (unpaired) electrons. The predicted molar refractivity (Wildman–Crippen MR) is 139 cm³/mol. The maximum atomic E-state index is 4.80. The number of pyridine rings is 1. The first-order valence-corrected chi connectivity index (χ1v) is 12.5. The second kappa shape index (κ2) is 8.83. The molecule has 0 saturated carbocycles. The molecule has 0 unspecified atom stereocenters. The van der Waals surface area contributed by atoms with E-state index in [0.717, 1.165) is 59.6 Å². The van der Waals surface area contributed by atoms with Crippen LogP contribution in [0.15, 0.2) is 72.3 Å². The SMILES string of the molecule is CSc1nc(Nc2ccc3[nH]ncc3c2)cc(N2CCN(c3cccc4ccncc34)CC2)n1. The molecule has 0 aliphatic carbocycles. The average Bonchev–Trinajstić information content (AvgIpc) is 3.36. The minimum atomic E-state index is 0.756. The number of hydrogen-bond donors (Lipinski definition) is 2. The highest BCUT2D eigenvalue weighted by Crippen LogP contribution is 2.29. The molecule has 2 aromatic carbocycles. The van der Waals surface area contributed by atoms with Gasteiger partial charge < -0.3 is 15.1 Å². The van der Waals surface area contributed by atoms with Crippen LogP contribution < -0.4 is 15.1 Å². The molecule has 0 spiro atoms. The van der Waals surface area contributed by atoms with E-state index in [1.807, 2.05) is 43.0 Å². The van der Waals surface area contributed by atoms with Crippen molar-refractivity contribution < 1.29 is 0 Å². The van der Waals surface area contributed by atoms with Gasteiger partial charge in [-0.15, -0.1) is 0 Å². The van der Waals surface area contributed by atoms with Gasteiger partial charge in [0.1, 0.15) is 11.6 Å². The fraction of sp³-hybridized carbons (Fsp3) is 0.200. The van der Waals surface area contributed by atoms with Gasteiger partial charge in [0.05, 0.1) is 11.7 Å². The van der Waals surface area contributed by atoms with Gasteiger partial charge in [0, 0.05) is 66.8 Å². The minimum Gasteiger partial charge on any atom is -0.367 e. The number of thioether (sulfide) groups is 1. The van der Waals surface area contributed by atoms with Crippen molar-refractivity contribution >= 4 is 56.4 Å². The summed E-state index contributed by atoms with van der Waals surface area (Å²) in [6.07, 6.45) is 7.64. The van der Waals surface area contributed by atoms with Crippen molar-refractivity contribution in [3.8, 4) is 0 Å². The van der Waals surface area contributed by atoms with Crippen LogP contribution in [0, 0.1) is 0 Å². The summed E-state index contributed by atoms with van der Waals surface area (Å²) in [5.41, 5.74) is 3.23. The van der Waals surface area contributed by atoms with Crippen molar-refractivity contribution in [3.05, 3.63) is 67.1 Å². The smallest absolute Gasteiger partial charge is 0.191 e. The summed E-state index contributed by atoms with van der Waals surface area (Å²) < 4.78 is 0. The third-order valence-electron chi connectivity index (χ3n) is 6.19. The van der Waals surface area contributed by atoms with Crippen molar-refractivity contribution in [1.82, 2.24) is 25.1 Å². The lowest BCUT2D eigenvalue weighted by Crippen LogP contribution is -2.47. The largest absolute Gasteiger partial charge is 0.367 e. The molecule has 2 N–H and O–H groups in total. The first-order chi connectivity index (χ1) is 16.8. The highest BCUT2D eigenvalue weighted by molar-refractivity contribution is 7.98. The van der Waals surface area contributed by atoms with Crippen molar-refractivity contribution in [2.24, 2.45) is 0 Å². The Labute approximate surface area is 201 Å². The van der Waals surface area contributed by atoms with Crippen LogP contribution in [-0.4, -0.2) is 57.6 Å². The molecule has 1 aliphatic heterocycles. The molecule has 0 amide bonds. The Balaban J connectivity index is 1.22. The third-order valence-corrected chi connectivity index (χ3v) is 6.74. The van der Waals surface area contributed by atoms with Crippen molar-refractivity contribution in [1.29, 1.82) is 0 Å². The molecule has 34 heavy (non-hydrogen) atoms. The summed E-state index contributed by atoms with van der Waals surface area (Å²) in [6, 6.07) is 16.7. The van der Waals surface area contributed by atoms with E-state index in [1.54, 1.807) is 11.8 Å². The highest BCUT2D eigenvalue weighted by Gasteiger charge is 2.21. The van der Waals surface area contributed by atoms with Gasteiger partial charge in [-0.1, -0.05) is 23.9 Å². The maximum absolute atomic E-state index is 4.80. The van der Waals surface area contributed by atoms with Gasteiger partial charge in [-0.05, 0) is 42.0 Å². The summed E-state index contributed by atoms with van der Waals surface area (Å²) in [4.78, 5) is 18.6. The summed E-state index contributed by atoms with van der Waals surface area (Å²) in [5.74, 6) is 1.74. The zero-order valence-corrected chi connectivity index (χ0v) is 19.6. The molecule has 170 valence electrons. The van der Waals surface area contributed by atoms with E-state index in [9.17, 15) is 0 Å². The molecule has 5 aromatic rings. The zero-order valence-electron chi connectivity index (χ0n) is 18.8. The number of H-pyrrole nitrogens is 1. The number of nitrogens with one attached hydrogen (secondary N) is 2. The van der Waals surface area contributed by atoms with Crippen LogP contribution in [0.5, 0.6) is 0 Å². The number of hydrogen-bond acceptors (Lipinski definition) is 8. The van der Waals surface area contributed by atoms with Crippen molar-refractivity contribution in [2.75, 3.05) is 47.6 Å². The Bertz CT molecular complexity index is 1450. The summed E-state index contributed by atoms with van der Waals surface area (Å²) >= 11 is 1.55. The Morgan fingerprint density at radius 3 is 2.68 bits per heavy atom. The second-order valence-corrected chi connectivity index (χ2v) is 9.02. The molecule has 9 heteroatoms. The topological polar surface area (TPSA) is 85.9 Å². The van der Waals surface area contributed by atoms with Crippen LogP contribution in [0.2, 0.25) is 0 Å². The number of rotatable bonds is 5. The van der Waals surface area contributed by atoms with Gasteiger partial charge in [0.15, 0.2) is 5.16 Å². The lowest BCUT2D eigenvalue weighted by molar-refractivity contribution is 0.645. The van der Waals surface area contributed by atoms with Crippen molar-refractivity contribution in [3.63, 3.8) is 0 Å². The van der Waals surface area contributed by atoms with Gasteiger partial charge in [0.25, 0.3) is 0 Å². The normalized spacial score (nSPS) is 14.1. The van der Waals surface area contributed by atoms with E-state index >= 15 is 0 Å². The van der Waals surface area contributed by atoms with E-state index in [0.29, 0.717) is 0 Å². The molecule has 1 fully saturated rings. The van der Waals surface area contributed by atoms with Gasteiger partial charge in [-0.2, -0.15) is 5.10 Å². The molecule has 8 nitrogen and oxygen atoms in total. The lowest BCUT2D eigenvalue weighted by atomic mass is 10.1. The first-order valence-electron chi connectivity index (χ1n) is 11.2. The number of piperazine rings is 1. The fourth-order valence-corrected chi connectivity index (χ4v) is 4.82. The Kier molecular flexibility index (Phi) is 5.38. The molecule has 1 saturated heterocycles. The summed E-state index contributed by atoms with van der Waals surface area (Å²) in [7, 11) is 0. The highest BCUT2D eigenvalue weighted by atomic mass is 32.2.